The lowest BCUT2D eigenvalue weighted by Gasteiger charge is -1.98. The average Bonchev–Trinajstić information content (AvgIpc) is 2.16. The molecule has 1 heterocycles. The topological polar surface area (TPSA) is 75.7 Å². The molecule has 0 radical (unpaired) electrons. The third-order valence-corrected chi connectivity index (χ3v) is 1.46. The highest BCUT2D eigenvalue weighted by Crippen LogP contribution is 2.10. The number of carbonyl (C=O) groups is 1. The van der Waals surface area contributed by atoms with Crippen LogP contribution in [-0.2, 0) is 4.79 Å². The summed E-state index contributed by atoms with van der Waals surface area (Å²) in [5.74, 6) is -0.596. The Bertz CT molecular complexity index is 277. The van der Waals surface area contributed by atoms with Crippen LogP contribution in [0.1, 0.15) is 12.8 Å². The van der Waals surface area contributed by atoms with Crippen LogP contribution in [0.15, 0.2) is 28.5 Å². The number of aliphatic imine (C=N–C) groups is 1. The molecule has 4 nitrogen and oxygen atoms in total. The van der Waals surface area contributed by atoms with E-state index in [1.807, 2.05) is 6.08 Å². The van der Waals surface area contributed by atoms with Crippen molar-refractivity contribution in [2.24, 2.45) is 10.7 Å². The van der Waals surface area contributed by atoms with Gasteiger partial charge in [0.2, 0.25) is 0 Å². The van der Waals surface area contributed by atoms with Crippen molar-refractivity contribution in [2.45, 2.75) is 12.8 Å². The van der Waals surface area contributed by atoms with Gasteiger partial charge in [0.05, 0.1) is 6.42 Å². The van der Waals surface area contributed by atoms with E-state index in [1.54, 1.807) is 12.3 Å². The molecule has 12 heavy (non-hydrogen) atoms. The van der Waals surface area contributed by atoms with Gasteiger partial charge < -0.3 is 10.8 Å². The van der Waals surface area contributed by atoms with Crippen molar-refractivity contribution in [1.29, 1.82) is 0 Å². The zero-order valence-corrected chi connectivity index (χ0v) is 6.53. The number of carboxylic acid groups (broad SMARTS) is 1. The van der Waals surface area contributed by atoms with Crippen LogP contribution in [0.5, 0.6) is 0 Å². The van der Waals surface area contributed by atoms with Crippen LogP contribution >= 0.6 is 0 Å². The maximum absolute atomic E-state index is 10.3. The summed E-state index contributed by atoms with van der Waals surface area (Å²) in [5, 5.41) is 8.50. The minimum atomic E-state index is -0.894. The molecule has 0 saturated heterocycles. The molecule has 0 aromatic carbocycles. The number of carboxylic acids is 1. The largest absolute Gasteiger partial charge is 0.481 e. The second kappa shape index (κ2) is 3.71. The molecule has 0 aromatic heterocycles. The van der Waals surface area contributed by atoms with E-state index in [1.165, 1.54) is 0 Å². The smallest absolute Gasteiger partial charge is 0.307 e. The lowest BCUT2D eigenvalue weighted by atomic mass is 10.1. The molecule has 0 fully saturated rings. The third kappa shape index (κ3) is 2.23. The van der Waals surface area contributed by atoms with Gasteiger partial charge in [0.25, 0.3) is 0 Å². The summed E-state index contributed by atoms with van der Waals surface area (Å²) in [6.45, 7) is 0. The summed E-state index contributed by atoms with van der Waals surface area (Å²) >= 11 is 0. The maximum Gasteiger partial charge on any atom is 0.307 e. The summed E-state index contributed by atoms with van der Waals surface area (Å²) in [4.78, 5) is 14.2. The van der Waals surface area contributed by atoms with Crippen molar-refractivity contribution < 1.29 is 9.90 Å². The van der Waals surface area contributed by atoms with Crippen molar-refractivity contribution in [3.8, 4) is 0 Å². The number of aliphatic carboxylic acids is 1. The van der Waals surface area contributed by atoms with Crippen molar-refractivity contribution in [3.63, 3.8) is 0 Å². The molecule has 0 unspecified atom stereocenters. The van der Waals surface area contributed by atoms with Gasteiger partial charge in [-0.1, -0.05) is 12.2 Å². The molecule has 1 aliphatic heterocycles. The Morgan fingerprint density at radius 1 is 1.75 bits per heavy atom. The number of nitrogens with two attached hydrogens (primary N) is 1. The van der Waals surface area contributed by atoms with Crippen LogP contribution < -0.4 is 5.73 Å². The van der Waals surface area contributed by atoms with E-state index in [0.717, 1.165) is 0 Å². The molecule has 0 saturated carbocycles. The average molecular weight is 166 g/mol. The first-order valence-corrected chi connectivity index (χ1v) is 3.59. The standard InChI is InChI=1S/C8H10N2O2/c9-8-6(5-7(11)12)3-1-2-4-10-8/h1,3-4H,2,5,9H2,(H,11,12). The summed E-state index contributed by atoms with van der Waals surface area (Å²) in [6, 6.07) is 0. The van der Waals surface area contributed by atoms with Crippen LogP contribution in [0.4, 0.5) is 0 Å². The number of rotatable bonds is 2. The molecule has 0 aromatic rings. The predicted octanol–water partition coefficient (Wildman–Crippen LogP) is 0.662. The van der Waals surface area contributed by atoms with Gasteiger partial charge in [-0.15, -0.1) is 0 Å². The highest BCUT2D eigenvalue weighted by atomic mass is 16.4. The van der Waals surface area contributed by atoms with Crippen molar-refractivity contribution >= 4 is 12.2 Å². The molecule has 64 valence electrons. The first-order chi connectivity index (χ1) is 5.70. The van der Waals surface area contributed by atoms with E-state index in [0.29, 0.717) is 17.8 Å². The first-order valence-electron chi connectivity index (χ1n) is 3.59. The fourth-order valence-corrected chi connectivity index (χ4v) is 0.903. The molecule has 0 amide bonds. The Labute approximate surface area is 70.1 Å². The van der Waals surface area contributed by atoms with Crippen molar-refractivity contribution in [3.05, 3.63) is 23.5 Å². The number of nitrogens with zero attached hydrogens (tertiary/aromatic N) is 1. The molecule has 3 N–H and O–H groups in total. The molecular formula is C8H10N2O2. The van der Waals surface area contributed by atoms with Gasteiger partial charge in [-0.2, -0.15) is 0 Å². The van der Waals surface area contributed by atoms with Gasteiger partial charge in [0, 0.05) is 18.2 Å². The zero-order chi connectivity index (χ0) is 8.97. The summed E-state index contributed by atoms with van der Waals surface area (Å²) < 4.78 is 0. The van der Waals surface area contributed by atoms with Gasteiger partial charge in [-0.3, -0.25) is 4.79 Å². The first kappa shape index (κ1) is 8.52. The number of allylic oxidation sites excluding steroid dienone is 2. The van der Waals surface area contributed by atoms with Gasteiger partial charge in [0.15, 0.2) is 0 Å². The number of hydrogen-bond donors (Lipinski definition) is 2. The Balaban J connectivity index is 2.83. The molecule has 0 bridgehead atoms. The Morgan fingerprint density at radius 3 is 3.17 bits per heavy atom. The monoisotopic (exact) mass is 166 g/mol. The SMILES string of the molecule is NC1=C(CC(=O)O)C=CCC=N1. The lowest BCUT2D eigenvalue weighted by Crippen LogP contribution is -2.03. The fraction of sp³-hybridized carbons (Fsp3) is 0.250. The molecule has 0 spiro atoms. The highest BCUT2D eigenvalue weighted by Gasteiger charge is 2.05. The van der Waals surface area contributed by atoms with E-state index < -0.39 is 5.97 Å². The van der Waals surface area contributed by atoms with Crippen LogP contribution in [0.25, 0.3) is 0 Å². The van der Waals surface area contributed by atoms with E-state index in [2.05, 4.69) is 4.99 Å². The zero-order valence-electron chi connectivity index (χ0n) is 6.53. The second-order valence-corrected chi connectivity index (χ2v) is 2.43. The molecule has 4 heteroatoms. The van der Waals surface area contributed by atoms with Crippen molar-refractivity contribution in [1.82, 2.24) is 0 Å². The van der Waals surface area contributed by atoms with Crippen LogP contribution in [0.2, 0.25) is 0 Å². The summed E-state index contributed by atoms with van der Waals surface area (Å²) in [5.41, 5.74) is 6.06. The lowest BCUT2D eigenvalue weighted by molar-refractivity contribution is -0.136. The van der Waals surface area contributed by atoms with Crippen LogP contribution in [-0.4, -0.2) is 17.3 Å². The second-order valence-electron chi connectivity index (χ2n) is 2.43. The molecule has 1 aliphatic rings. The minimum Gasteiger partial charge on any atom is -0.481 e. The van der Waals surface area contributed by atoms with E-state index in [-0.39, 0.29) is 6.42 Å². The van der Waals surface area contributed by atoms with E-state index >= 15 is 0 Å². The Hall–Kier alpha value is -1.58. The van der Waals surface area contributed by atoms with Crippen LogP contribution in [0.3, 0.4) is 0 Å². The Kier molecular flexibility index (Phi) is 2.63. The molecule has 1 rings (SSSR count). The summed E-state index contributed by atoms with van der Waals surface area (Å²) in [7, 11) is 0. The third-order valence-electron chi connectivity index (χ3n) is 1.46. The highest BCUT2D eigenvalue weighted by molar-refractivity contribution is 5.72. The van der Waals surface area contributed by atoms with Crippen LogP contribution in [0, 0.1) is 0 Å². The van der Waals surface area contributed by atoms with Gasteiger partial charge in [0.1, 0.15) is 5.82 Å². The minimum absolute atomic E-state index is 0.0698. The van der Waals surface area contributed by atoms with Gasteiger partial charge >= 0.3 is 5.97 Å². The molecular weight excluding hydrogens is 156 g/mol. The predicted molar refractivity (Wildman–Crippen MR) is 45.7 cm³/mol. The molecule has 0 aliphatic carbocycles. The normalized spacial score (nSPS) is 16.3. The van der Waals surface area contributed by atoms with Gasteiger partial charge in [-0.05, 0) is 0 Å². The fourth-order valence-electron chi connectivity index (χ4n) is 0.903. The van der Waals surface area contributed by atoms with Crippen molar-refractivity contribution in [2.75, 3.05) is 0 Å². The maximum atomic E-state index is 10.3. The number of hydrogen-bond acceptors (Lipinski definition) is 3. The van der Waals surface area contributed by atoms with E-state index in [9.17, 15) is 4.79 Å². The quantitative estimate of drug-likeness (QED) is 0.632. The van der Waals surface area contributed by atoms with E-state index in [4.69, 9.17) is 10.8 Å². The summed E-state index contributed by atoms with van der Waals surface area (Å²) in [6.07, 6.45) is 5.82. The molecule has 0 atom stereocenters. The van der Waals surface area contributed by atoms with Gasteiger partial charge in [-0.25, -0.2) is 4.99 Å². The Morgan fingerprint density at radius 2 is 2.50 bits per heavy atom.